The molecule has 0 bridgehead atoms. The number of hydrogen-bond donors (Lipinski definition) is 0. The maximum atomic E-state index is 14.5. The first kappa shape index (κ1) is 16.4. The molecule has 0 radical (unpaired) electrons. The number of hydrogen-bond acceptors (Lipinski definition) is 2. The van der Waals surface area contributed by atoms with Crippen LogP contribution in [-0.4, -0.2) is 13.1 Å². The molecule has 0 atom stereocenters. The highest BCUT2D eigenvalue weighted by Gasteiger charge is 2.16. The number of nitriles is 1. The summed E-state index contributed by atoms with van der Waals surface area (Å²) < 4.78 is 14.5. The first-order chi connectivity index (χ1) is 12.7. The molecule has 128 valence electrons. The third kappa shape index (κ3) is 3.19. The molecule has 2 nitrogen and oxygen atoms in total. The number of allylic oxidation sites excluding steroid dienone is 1. The molecule has 0 aliphatic carbocycles. The predicted molar refractivity (Wildman–Crippen MR) is 105 cm³/mol. The van der Waals surface area contributed by atoms with Crippen molar-refractivity contribution >= 4 is 28.1 Å². The molecule has 3 aromatic rings. The minimum Gasteiger partial charge on any atom is -0.369 e. The smallest absolute Gasteiger partial charge is 0.147 e. The van der Waals surface area contributed by atoms with E-state index >= 15 is 0 Å². The Balaban J connectivity index is 1.68. The van der Waals surface area contributed by atoms with Crippen molar-refractivity contribution in [3.63, 3.8) is 0 Å². The largest absolute Gasteiger partial charge is 0.369 e. The van der Waals surface area contributed by atoms with Gasteiger partial charge in [0, 0.05) is 13.1 Å². The van der Waals surface area contributed by atoms with Gasteiger partial charge in [-0.05, 0) is 59.0 Å². The van der Waals surface area contributed by atoms with Crippen LogP contribution >= 0.6 is 0 Å². The molecule has 1 aliphatic rings. The van der Waals surface area contributed by atoms with E-state index in [0.717, 1.165) is 42.3 Å². The van der Waals surface area contributed by atoms with E-state index in [-0.39, 0.29) is 5.82 Å². The van der Waals surface area contributed by atoms with Gasteiger partial charge in [0.05, 0.1) is 17.3 Å². The van der Waals surface area contributed by atoms with Crippen molar-refractivity contribution in [2.75, 3.05) is 18.0 Å². The molecule has 0 amide bonds. The molecule has 1 heterocycles. The highest BCUT2D eigenvalue weighted by atomic mass is 19.1. The molecule has 0 N–H and O–H groups in total. The number of nitrogens with zero attached hydrogens (tertiary/aromatic N) is 2. The van der Waals surface area contributed by atoms with Crippen molar-refractivity contribution in [3.05, 3.63) is 77.6 Å². The molecular weight excluding hydrogens is 323 g/mol. The molecule has 1 fully saturated rings. The Morgan fingerprint density at radius 2 is 1.73 bits per heavy atom. The van der Waals surface area contributed by atoms with Crippen LogP contribution in [0, 0.1) is 17.1 Å². The van der Waals surface area contributed by atoms with Crippen molar-refractivity contribution in [1.29, 1.82) is 5.26 Å². The monoisotopic (exact) mass is 342 g/mol. The van der Waals surface area contributed by atoms with Gasteiger partial charge in [0.15, 0.2) is 0 Å². The van der Waals surface area contributed by atoms with Crippen LogP contribution < -0.4 is 4.90 Å². The van der Waals surface area contributed by atoms with Crippen LogP contribution in [0.25, 0.3) is 22.4 Å². The molecule has 1 aliphatic heterocycles. The van der Waals surface area contributed by atoms with Gasteiger partial charge < -0.3 is 4.90 Å². The summed E-state index contributed by atoms with van der Waals surface area (Å²) in [5, 5.41) is 11.8. The summed E-state index contributed by atoms with van der Waals surface area (Å²) in [6.07, 6.45) is 3.98. The Hall–Kier alpha value is -3.12. The summed E-state index contributed by atoms with van der Waals surface area (Å²) in [6.45, 7) is 1.82. The van der Waals surface area contributed by atoms with Crippen molar-refractivity contribution in [2.24, 2.45) is 0 Å². The molecule has 0 unspecified atom stereocenters. The number of anilines is 1. The molecule has 0 spiro atoms. The van der Waals surface area contributed by atoms with Gasteiger partial charge in [-0.2, -0.15) is 5.26 Å². The van der Waals surface area contributed by atoms with Crippen molar-refractivity contribution in [2.45, 2.75) is 12.8 Å². The lowest BCUT2D eigenvalue weighted by Crippen LogP contribution is -2.18. The Morgan fingerprint density at radius 1 is 0.962 bits per heavy atom. The van der Waals surface area contributed by atoms with E-state index in [1.54, 1.807) is 6.08 Å². The zero-order valence-electron chi connectivity index (χ0n) is 14.5. The lowest BCUT2D eigenvalue weighted by Gasteiger charge is -2.18. The average molecular weight is 342 g/mol. The summed E-state index contributed by atoms with van der Waals surface area (Å²) in [4.78, 5) is 2.08. The third-order valence-electron chi connectivity index (χ3n) is 4.91. The molecule has 26 heavy (non-hydrogen) atoms. The Kier molecular flexibility index (Phi) is 4.41. The quantitative estimate of drug-likeness (QED) is 0.455. The molecule has 0 saturated carbocycles. The maximum Gasteiger partial charge on any atom is 0.147 e. The average Bonchev–Trinajstić information content (AvgIpc) is 3.20. The number of benzene rings is 3. The SMILES string of the molecule is N#C/C(=C/c1ccc(N2CCCC2)c(F)c1)c1ccc2ccccc2c1. The van der Waals surface area contributed by atoms with Crippen LogP contribution in [0.5, 0.6) is 0 Å². The lowest BCUT2D eigenvalue weighted by atomic mass is 10.00. The summed E-state index contributed by atoms with van der Waals surface area (Å²) in [5.74, 6) is -0.226. The molecule has 1 saturated heterocycles. The Labute approximate surface area is 152 Å². The number of rotatable bonds is 3. The zero-order valence-corrected chi connectivity index (χ0v) is 14.5. The Morgan fingerprint density at radius 3 is 2.46 bits per heavy atom. The van der Waals surface area contributed by atoms with Crippen molar-refractivity contribution in [1.82, 2.24) is 0 Å². The van der Waals surface area contributed by atoms with Crippen molar-refractivity contribution < 1.29 is 4.39 Å². The zero-order chi connectivity index (χ0) is 17.9. The molecule has 4 rings (SSSR count). The van der Waals surface area contributed by atoms with Crippen molar-refractivity contribution in [3.8, 4) is 6.07 Å². The van der Waals surface area contributed by atoms with Gasteiger partial charge in [0.2, 0.25) is 0 Å². The van der Waals surface area contributed by atoms with Gasteiger partial charge in [-0.15, -0.1) is 0 Å². The summed E-state index contributed by atoms with van der Waals surface area (Å²) in [7, 11) is 0. The molecule has 3 aromatic carbocycles. The molecule has 0 aromatic heterocycles. The molecular formula is C23H19FN2. The van der Waals surface area contributed by atoms with E-state index in [2.05, 4.69) is 11.0 Å². The van der Waals surface area contributed by atoms with Crippen LogP contribution in [0.3, 0.4) is 0 Å². The summed E-state index contributed by atoms with van der Waals surface area (Å²) in [6, 6.07) is 21.5. The number of halogens is 1. The maximum absolute atomic E-state index is 14.5. The van der Waals surface area contributed by atoms with Gasteiger partial charge in [0.1, 0.15) is 5.82 Å². The second kappa shape index (κ2) is 7.01. The van der Waals surface area contributed by atoms with Gasteiger partial charge >= 0.3 is 0 Å². The second-order valence-corrected chi connectivity index (χ2v) is 6.64. The van der Waals surface area contributed by atoms with Gasteiger partial charge in [0.25, 0.3) is 0 Å². The topological polar surface area (TPSA) is 27.0 Å². The summed E-state index contributed by atoms with van der Waals surface area (Å²) >= 11 is 0. The second-order valence-electron chi connectivity index (χ2n) is 6.64. The highest BCUT2D eigenvalue weighted by Crippen LogP contribution is 2.27. The van der Waals surface area contributed by atoms with Crippen LogP contribution in [0.2, 0.25) is 0 Å². The Bertz CT molecular complexity index is 1020. The first-order valence-electron chi connectivity index (χ1n) is 8.90. The van der Waals surface area contributed by atoms with Crippen LogP contribution in [0.4, 0.5) is 10.1 Å². The highest BCUT2D eigenvalue weighted by molar-refractivity contribution is 5.94. The van der Waals surface area contributed by atoms with Gasteiger partial charge in [-0.25, -0.2) is 4.39 Å². The number of fused-ring (bicyclic) bond motifs is 1. The first-order valence-corrected chi connectivity index (χ1v) is 8.90. The van der Waals surface area contributed by atoms with Crippen LogP contribution in [0.15, 0.2) is 60.7 Å². The fourth-order valence-corrected chi connectivity index (χ4v) is 3.53. The lowest BCUT2D eigenvalue weighted by molar-refractivity contribution is 0.623. The van der Waals surface area contributed by atoms with Crippen LogP contribution in [0.1, 0.15) is 24.0 Å². The van der Waals surface area contributed by atoms with E-state index in [1.807, 2.05) is 54.6 Å². The normalized spacial score (nSPS) is 14.6. The fourth-order valence-electron chi connectivity index (χ4n) is 3.53. The summed E-state index contributed by atoms with van der Waals surface area (Å²) in [5.41, 5.74) is 2.73. The van der Waals surface area contributed by atoms with E-state index in [0.29, 0.717) is 16.8 Å². The predicted octanol–water partition coefficient (Wildman–Crippen LogP) is 5.64. The van der Waals surface area contributed by atoms with E-state index < -0.39 is 0 Å². The van der Waals surface area contributed by atoms with Gasteiger partial charge in [-0.1, -0.05) is 42.5 Å². The standard InChI is InChI=1S/C23H19FN2/c24-22-14-17(7-10-23(22)26-11-3-4-12-26)13-21(16-25)20-9-8-18-5-1-2-6-19(18)15-20/h1-2,5-10,13-15H,3-4,11-12H2/b21-13-. The van der Waals surface area contributed by atoms with Gasteiger partial charge in [-0.3, -0.25) is 0 Å². The minimum absolute atomic E-state index is 0.226. The van der Waals surface area contributed by atoms with E-state index in [9.17, 15) is 9.65 Å². The van der Waals surface area contributed by atoms with E-state index in [4.69, 9.17) is 0 Å². The third-order valence-corrected chi connectivity index (χ3v) is 4.91. The minimum atomic E-state index is -0.226. The van der Waals surface area contributed by atoms with Crippen LogP contribution in [-0.2, 0) is 0 Å². The fraction of sp³-hybridized carbons (Fsp3) is 0.174. The molecule has 3 heteroatoms. The van der Waals surface area contributed by atoms with E-state index in [1.165, 1.54) is 6.07 Å².